The van der Waals surface area contributed by atoms with Crippen molar-refractivity contribution in [3.05, 3.63) is 42.5 Å². The highest BCUT2D eigenvalue weighted by molar-refractivity contribution is 7.89. The Labute approximate surface area is 262 Å². The van der Waals surface area contributed by atoms with Crippen LogP contribution in [0.2, 0.25) is 0 Å². The van der Waals surface area contributed by atoms with Crippen molar-refractivity contribution in [2.24, 2.45) is 11.7 Å². The molecular formula is C29H41N7O8S. The normalized spacial score (nSPS) is 16.9. The topological polar surface area (TPSA) is 224 Å². The average Bonchev–Trinajstić information content (AvgIpc) is 3.83. The quantitative estimate of drug-likeness (QED) is 0.105. The third kappa shape index (κ3) is 11.0. The minimum absolute atomic E-state index is 0.0209. The third-order valence-corrected chi connectivity index (χ3v) is 8.73. The molecule has 0 radical (unpaired) electrons. The zero-order chi connectivity index (χ0) is 33.1. The molecular weight excluding hydrogens is 606 g/mol. The maximum Gasteiger partial charge on any atom is 0.300 e. The van der Waals surface area contributed by atoms with E-state index in [1.54, 1.807) is 23.1 Å². The van der Waals surface area contributed by atoms with Gasteiger partial charge in [-0.25, -0.2) is 13.9 Å². The molecule has 7 N–H and O–H groups in total. The van der Waals surface area contributed by atoms with Crippen molar-refractivity contribution < 1.29 is 37.5 Å². The van der Waals surface area contributed by atoms with E-state index < -0.39 is 46.2 Å². The van der Waals surface area contributed by atoms with Crippen LogP contribution in [0.4, 0.5) is 0 Å². The van der Waals surface area contributed by atoms with E-state index in [0.29, 0.717) is 37.9 Å². The van der Waals surface area contributed by atoms with Crippen LogP contribution in [0.5, 0.6) is 0 Å². The molecule has 1 heterocycles. The van der Waals surface area contributed by atoms with Crippen molar-refractivity contribution >= 4 is 50.4 Å². The number of carboxylic acid groups (broad SMARTS) is 1. The Hall–Kier alpha value is -4.28. The number of sulfonamides is 1. The molecule has 2 aromatic rings. The van der Waals surface area contributed by atoms with E-state index in [4.69, 9.17) is 21.0 Å². The van der Waals surface area contributed by atoms with Gasteiger partial charge in [0.15, 0.2) is 5.96 Å². The highest BCUT2D eigenvalue weighted by atomic mass is 32.2. The number of carbonyl (C=O) groups is 4. The van der Waals surface area contributed by atoms with Gasteiger partial charge >= 0.3 is 0 Å². The van der Waals surface area contributed by atoms with E-state index in [9.17, 15) is 22.8 Å². The molecule has 2 aliphatic rings. The molecule has 1 aliphatic carbocycles. The highest BCUT2D eigenvalue weighted by Gasteiger charge is 2.39. The van der Waals surface area contributed by atoms with Gasteiger partial charge in [0.05, 0.1) is 18.4 Å². The molecule has 0 bridgehead atoms. The summed E-state index contributed by atoms with van der Waals surface area (Å²) in [6.45, 7) is 2.25. The molecule has 0 spiro atoms. The highest BCUT2D eigenvalue weighted by Crippen LogP contribution is 2.28. The number of likely N-dealkylation sites (tertiary alicyclic amines) is 1. The lowest BCUT2D eigenvalue weighted by Crippen LogP contribution is -2.53. The summed E-state index contributed by atoms with van der Waals surface area (Å²) in [6.07, 6.45) is 2.54. The molecule has 2 aromatic carbocycles. The molecule has 4 rings (SSSR count). The van der Waals surface area contributed by atoms with E-state index in [1.165, 1.54) is 24.1 Å². The Morgan fingerprint density at radius 2 is 1.78 bits per heavy atom. The first-order valence-electron chi connectivity index (χ1n) is 14.5. The number of aliphatic carboxylic acids is 1. The van der Waals surface area contributed by atoms with E-state index in [2.05, 4.69) is 20.4 Å². The fraction of sp³-hybridized carbons (Fsp3) is 0.483. The number of hydrogen-bond donors (Lipinski definition) is 6. The van der Waals surface area contributed by atoms with Crippen LogP contribution >= 0.6 is 0 Å². The first kappa shape index (κ1) is 35.2. The summed E-state index contributed by atoms with van der Waals surface area (Å²) in [4.78, 5) is 55.6. The van der Waals surface area contributed by atoms with Gasteiger partial charge in [0.2, 0.25) is 21.8 Å². The largest absolute Gasteiger partial charge is 0.481 e. The van der Waals surface area contributed by atoms with Crippen LogP contribution in [0.25, 0.3) is 10.8 Å². The Morgan fingerprint density at radius 1 is 1.11 bits per heavy atom. The summed E-state index contributed by atoms with van der Waals surface area (Å²) in [5, 5.41) is 19.5. The summed E-state index contributed by atoms with van der Waals surface area (Å²) in [5.74, 6) is -2.55. The first-order valence-corrected chi connectivity index (χ1v) is 16.0. The van der Waals surface area contributed by atoms with E-state index in [1.807, 2.05) is 12.1 Å². The maximum absolute atomic E-state index is 13.7. The van der Waals surface area contributed by atoms with Crippen molar-refractivity contribution in [3.8, 4) is 0 Å². The van der Waals surface area contributed by atoms with Crippen molar-refractivity contribution in [2.45, 2.75) is 56.0 Å². The fourth-order valence-electron chi connectivity index (χ4n) is 5.01. The van der Waals surface area contributed by atoms with Gasteiger partial charge in [-0.05, 0) is 54.5 Å². The lowest BCUT2D eigenvalue weighted by Gasteiger charge is -2.33. The van der Waals surface area contributed by atoms with Crippen molar-refractivity contribution in [1.82, 2.24) is 25.3 Å². The number of rotatable bonds is 12. The van der Waals surface area contributed by atoms with Crippen LogP contribution in [0.1, 0.15) is 39.0 Å². The number of hydroxylamine groups is 1. The standard InChI is InChI=1S/C27H37N7O6S.C2H4O2/c1-40-31-25(36)17-34(21-9-10-21)26(37)23(14-24(35)30-15-18-5-4-12-33(16-18)27(28)29)32-41(38,39)22-11-8-19-6-2-3-7-20(19)13-22;1-2(3)4/h2-3,6-8,11,13,18,21,23,32H,4-5,9-10,12,14-17H2,1H3,(H3,28,29)(H,30,35)(H,31,36);1H3,(H,3,4)/t18-,23-;/m0./s1. The molecule has 246 valence electrons. The zero-order valence-corrected chi connectivity index (χ0v) is 26.1. The number of fused-ring (bicyclic) bond motifs is 1. The number of carbonyl (C=O) groups excluding carboxylic acids is 3. The molecule has 2 fully saturated rings. The van der Waals surface area contributed by atoms with Gasteiger partial charge in [0.25, 0.3) is 11.9 Å². The number of carboxylic acids is 1. The van der Waals surface area contributed by atoms with Crippen LogP contribution in [0.15, 0.2) is 47.4 Å². The number of benzene rings is 2. The number of hydrogen-bond acceptors (Lipinski definition) is 8. The molecule has 0 aromatic heterocycles. The van der Waals surface area contributed by atoms with Crippen LogP contribution in [-0.2, 0) is 34.0 Å². The zero-order valence-electron chi connectivity index (χ0n) is 25.3. The van der Waals surface area contributed by atoms with Crippen molar-refractivity contribution in [1.29, 1.82) is 5.41 Å². The Balaban J connectivity index is 0.00000130. The third-order valence-electron chi connectivity index (χ3n) is 7.26. The smallest absolute Gasteiger partial charge is 0.300 e. The average molecular weight is 648 g/mol. The summed E-state index contributed by atoms with van der Waals surface area (Å²) in [7, 11) is -2.95. The van der Waals surface area contributed by atoms with Crippen LogP contribution in [0.3, 0.4) is 0 Å². The fourth-order valence-corrected chi connectivity index (χ4v) is 6.23. The SMILES string of the molecule is CC(=O)O.CONC(=O)CN(C(=O)[C@H](CC(=O)NC[C@@H]1CCCN(C(=N)N)C1)NS(=O)(=O)c1ccc2ccccc2c1)C1CC1. The molecule has 0 unspecified atom stereocenters. The molecule has 3 amide bonds. The van der Waals surface area contributed by atoms with Crippen LogP contribution in [0, 0.1) is 11.3 Å². The maximum atomic E-state index is 13.7. The predicted octanol–water partition coefficient (Wildman–Crippen LogP) is 0.358. The summed E-state index contributed by atoms with van der Waals surface area (Å²) in [6, 6.07) is 10.2. The number of nitrogens with zero attached hydrogens (tertiary/aromatic N) is 2. The van der Waals surface area contributed by atoms with E-state index >= 15 is 0 Å². The molecule has 16 heteroatoms. The predicted molar refractivity (Wildman–Crippen MR) is 165 cm³/mol. The minimum atomic E-state index is -4.22. The van der Waals surface area contributed by atoms with Gasteiger partial charge in [0, 0.05) is 32.6 Å². The Bertz CT molecular complexity index is 1490. The van der Waals surface area contributed by atoms with E-state index in [-0.39, 0.29) is 29.4 Å². The second-order valence-electron chi connectivity index (χ2n) is 11.0. The summed E-state index contributed by atoms with van der Waals surface area (Å²) < 4.78 is 29.4. The second-order valence-corrected chi connectivity index (χ2v) is 12.7. The molecule has 1 saturated heterocycles. The van der Waals surface area contributed by atoms with Crippen molar-refractivity contribution in [2.75, 3.05) is 33.3 Å². The summed E-state index contributed by atoms with van der Waals surface area (Å²) >= 11 is 0. The molecule has 2 atom stereocenters. The van der Waals surface area contributed by atoms with E-state index in [0.717, 1.165) is 25.2 Å². The Morgan fingerprint density at radius 3 is 2.40 bits per heavy atom. The molecule has 1 saturated carbocycles. The minimum Gasteiger partial charge on any atom is -0.481 e. The lowest BCUT2D eigenvalue weighted by atomic mass is 9.98. The molecule has 1 aliphatic heterocycles. The number of amides is 3. The van der Waals surface area contributed by atoms with Gasteiger partial charge in [-0.15, -0.1) is 0 Å². The van der Waals surface area contributed by atoms with Crippen LogP contribution in [-0.4, -0.2) is 98.3 Å². The van der Waals surface area contributed by atoms with Gasteiger partial charge in [-0.3, -0.25) is 29.4 Å². The number of nitrogens with one attached hydrogen (secondary N) is 4. The van der Waals surface area contributed by atoms with Gasteiger partial charge in [0.1, 0.15) is 12.6 Å². The number of guanidine groups is 1. The van der Waals surface area contributed by atoms with Gasteiger partial charge in [-0.2, -0.15) is 4.72 Å². The first-order chi connectivity index (χ1) is 21.3. The molecule has 15 nitrogen and oxygen atoms in total. The molecule has 45 heavy (non-hydrogen) atoms. The Kier molecular flexibility index (Phi) is 12.6. The number of piperidine rings is 1. The number of nitrogens with two attached hydrogens (primary N) is 1. The van der Waals surface area contributed by atoms with Gasteiger partial charge in [-0.1, -0.05) is 30.3 Å². The summed E-state index contributed by atoms with van der Waals surface area (Å²) in [5.41, 5.74) is 7.79. The van der Waals surface area contributed by atoms with Crippen molar-refractivity contribution in [3.63, 3.8) is 0 Å². The van der Waals surface area contributed by atoms with Gasteiger partial charge < -0.3 is 26.0 Å². The second kappa shape index (κ2) is 16.2. The monoisotopic (exact) mass is 647 g/mol. The lowest BCUT2D eigenvalue weighted by molar-refractivity contribution is -0.142. The van der Waals surface area contributed by atoms with Crippen LogP contribution < -0.4 is 21.3 Å².